The summed E-state index contributed by atoms with van der Waals surface area (Å²) in [5.41, 5.74) is 1.85. The number of amides is 1. The zero-order valence-electron chi connectivity index (χ0n) is 11.7. The fourth-order valence-electron chi connectivity index (χ4n) is 2.28. The molecule has 0 aromatic heterocycles. The first kappa shape index (κ1) is 14.8. The average molecular weight is 293 g/mol. The molecule has 0 spiro atoms. The molecule has 0 N–H and O–H groups in total. The molecule has 0 fully saturated rings. The van der Waals surface area contributed by atoms with E-state index in [1.807, 2.05) is 38.1 Å². The molecular formula is C15H19NO3S. The highest BCUT2D eigenvalue weighted by Gasteiger charge is 2.30. The molecule has 0 unspecified atom stereocenters. The van der Waals surface area contributed by atoms with Gasteiger partial charge in [-0.05, 0) is 31.6 Å². The molecule has 1 aliphatic heterocycles. The maximum Gasteiger partial charge on any atom is 0.227 e. The van der Waals surface area contributed by atoms with E-state index in [1.54, 1.807) is 11.0 Å². The monoisotopic (exact) mass is 293 g/mol. The number of anilines is 1. The number of hydrogen-bond donors (Lipinski definition) is 0. The van der Waals surface area contributed by atoms with Gasteiger partial charge in [0.15, 0.2) is 9.84 Å². The van der Waals surface area contributed by atoms with Gasteiger partial charge in [0.25, 0.3) is 0 Å². The van der Waals surface area contributed by atoms with Gasteiger partial charge in [-0.2, -0.15) is 0 Å². The quantitative estimate of drug-likeness (QED) is 0.856. The van der Waals surface area contributed by atoms with E-state index in [1.165, 1.54) is 5.41 Å². The second-order valence-corrected chi connectivity index (χ2v) is 7.01. The highest BCUT2D eigenvalue weighted by atomic mass is 32.2. The average Bonchev–Trinajstić information content (AvgIpc) is 2.73. The molecule has 4 nitrogen and oxygen atoms in total. The summed E-state index contributed by atoms with van der Waals surface area (Å²) in [5, 5.41) is 1.21. The van der Waals surface area contributed by atoms with Crippen LogP contribution in [-0.2, 0) is 14.6 Å². The van der Waals surface area contributed by atoms with Gasteiger partial charge in [-0.3, -0.25) is 4.79 Å². The molecule has 0 radical (unpaired) electrons. The standard InChI is InChI=1S/C15H19NO3S/c1-3-4-15(17)16(13-7-5-12(2)6-8-13)14-9-10-20(18,19)11-14/h5-10,14H,3-4,11H2,1-2H3/t14-/m0/s1. The molecule has 0 saturated heterocycles. The molecule has 1 aliphatic rings. The number of carbonyl (C=O) groups excluding carboxylic acids is 1. The van der Waals surface area contributed by atoms with Crippen LogP contribution in [0.2, 0.25) is 0 Å². The van der Waals surface area contributed by atoms with Crippen LogP contribution in [0.15, 0.2) is 35.7 Å². The molecule has 5 heteroatoms. The SMILES string of the molecule is CCCC(=O)N(c1ccc(C)cc1)[C@H]1C=CS(=O)(=O)C1. The molecule has 1 aromatic rings. The summed E-state index contributed by atoms with van der Waals surface area (Å²) in [5.74, 6) is -0.0702. The van der Waals surface area contributed by atoms with E-state index < -0.39 is 15.9 Å². The van der Waals surface area contributed by atoms with Crippen molar-refractivity contribution in [3.8, 4) is 0 Å². The molecule has 0 bridgehead atoms. The topological polar surface area (TPSA) is 54.5 Å². The summed E-state index contributed by atoms with van der Waals surface area (Å²) in [6.07, 6.45) is 2.76. The fourth-order valence-corrected chi connectivity index (χ4v) is 3.55. The smallest absolute Gasteiger partial charge is 0.227 e. The Hall–Kier alpha value is -1.62. The summed E-state index contributed by atoms with van der Waals surface area (Å²) in [6, 6.07) is 7.18. The first-order valence-electron chi connectivity index (χ1n) is 6.72. The highest BCUT2D eigenvalue weighted by Crippen LogP contribution is 2.24. The van der Waals surface area contributed by atoms with E-state index in [0.29, 0.717) is 6.42 Å². The lowest BCUT2D eigenvalue weighted by Gasteiger charge is -2.27. The molecule has 1 atom stereocenters. The van der Waals surface area contributed by atoms with Crippen LogP contribution in [-0.4, -0.2) is 26.1 Å². The largest absolute Gasteiger partial charge is 0.304 e. The number of hydrogen-bond acceptors (Lipinski definition) is 3. The molecule has 2 rings (SSSR count). The maximum atomic E-state index is 12.3. The number of carbonyl (C=O) groups is 1. The first-order valence-corrected chi connectivity index (χ1v) is 8.44. The van der Waals surface area contributed by atoms with Gasteiger partial charge in [0.2, 0.25) is 5.91 Å². The third kappa shape index (κ3) is 3.28. The minimum absolute atomic E-state index is 0.0314. The number of sulfone groups is 1. The summed E-state index contributed by atoms with van der Waals surface area (Å²) < 4.78 is 23.2. The van der Waals surface area contributed by atoms with Crippen LogP contribution in [0.3, 0.4) is 0 Å². The zero-order chi connectivity index (χ0) is 14.8. The Morgan fingerprint density at radius 3 is 2.45 bits per heavy atom. The predicted molar refractivity (Wildman–Crippen MR) is 80.3 cm³/mol. The van der Waals surface area contributed by atoms with E-state index in [0.717, 1.165) is 17.7 Å². The highest BCUT2D eigenvalue weighted by molar-refractivity contribution is 7.94. The van der Waals surface area contributed by atoms with Crippen LogP contribution in [0.4, 0.5) is 5.69 Å². The van der Waals surface area contributed by atoms with Crippen molar-refractivity contribution in [1.29, 1.82) is 0 Å². The van der Waals surface area contributed by atoms with Crippen molar-refractivity contribution in [2.45, 2.75) is 32.7 Å². The normalized spacial score (nSPS) is 20.0. The fraction of sp³-hybridized carbons (Fsp3) is 0.400. The molecule has 1 amide bonds. The van der Waals surface area contributed by atoms with Crippen LogP contribution in [0, 0.1) is 6.92 Å². The Balaban J connectivity index is 2.33. The lowest BCUT2D eigenvalue weighted by Crippen LogP contribution is -2.41. The van der Waals surface area contributed by atoms with Gasteiger partial charge in [0, 0.05) is 17.5 Å². The predicted octanol–water partition coefficient (Wildman–Crippen LogP) is 2.44. The Morgan fingerprint density at radius 2 is 1.95 bits per heavy atom. The molecule has 20 heavy (non-hydrogen) atoms. The maximum absolute atomic E-state index is 12.3. The minimum Gasteiger partial charge on any atom is -0.304 e. The summed E-state index contributed by atoms with van der Waals surface area (Å²) >= 11 is 0. The van der Waals surface area contributed by atoms with Gasteiger partial charge in [-0.15, -0.1) is 0 Å². The van der Waals surface area contributed by atoms with Gasteiger partial charge >= 0.3 is 0 Å². The third-order valence-corrected chi connectivity index (χ3v) is 4.67. The summed E-state index contributed by atoms with van der Waals surface area (Å²) in [7, 11) is -3.18. The Morgan fingerprint density at radius 1 is 1.30 bits per heavy atom. The van der Waals surface area contributed by atoms with Crippen molar-refractivity contribution >= 4 is 21.4 Å². The lowest BCUT2D eigenvalue weighted by atomic mass is 10.1. The van der Waals surface area contributed by atoms with Crippen molar-refractivity contribution in [2.24, 2.45) is 0 Å². The van der Waals surface area contributed by atoms with Crippen molar-refractivity contribution in [2.75, 3.05) is 10.7 Å². The summed E-state index contributed by atoms with van der Waals surface area (Å²) in [4.78, 5) is 13.9. The van der Waals surface area contributed by atoms with Gasteiger partial charge in [-0.1, -0.05) is 24.6 Å². The number of aryl methyl sites for hydroxylation is 1. The van der Waals surface area contributed by atoms with Crippen LogP contribution in [0.25, 0.3) is 0 Å². The Bertz CT molecular complexity index is 617. The second kappa shape index (κ2) is 5.79. The van der Waals surface area contributed by atoms with Crippen LogP contribution < -0.4 is 4.90 Å². The first-order chi connectivity index (χ1) is 9.43. The van der Waals surface area contributed by atoms with Crippen molar-refractivity contribution in [3.05, 3.63) is 41.3 Å². The second-order valence-electron chi connectivity index (χ2n) is 5.07. The third-order valence-electron chi connectivity index (χ3n) is 3.29. The summed E-state index contributed by atoms with van der Waals surface area (Å²) in [6.45, 7) is 3.91. The zero-order valence-corrected chi connectivity index (χ0v) is 12.6. The van der Waals surface area contributed by atoms with E-state index in [-0.39, 0.29) is 11.7 Å². The van der Waals surface area contributed by atoms with E-state index in [4.69, 9.17) is 0 Å². The molecule has 1 aromatic carbocycles. The Labute approximate surface area is 120 Å². The molecule has 108 valence electrons. The van der Waals surface area contributed by atoms with E-state index in [2.05, 4.69) is 0 Å². The van der Waals surface area contributed by atoms with Crippen molar-refractivity contribution < 1.29 is 13.2 Å². The van der Waals surface area contributed by atoms with Crippen molar-refractivity contribution in [1.82, 2.24) is 0 Å². The van der Waals surface area contributed by atoms with Gasteiger partial charge in [0.1, 0.15) is 0 Å². The molecule has 0 saturated carbocycles. The molecular weight excluding hydrogens is 274 g/mol. The van der Waals surface area contributed by atoms with E-state index >= 15 is 0 Å². The molecule has 1 heterocycles. The van der Waals surface area contributed by atoms with E-state index in [9.17, 15) is 13.2 Å². The lowest BCUT2D eigenvalue weighted by molar-refractivity contribution is -0.118. The van der Waals surface area contributed by atoms with Crippen LogP contribution in [0.5, 0.6) is 0 Å². The van der Waals surface area contributed by atoms with Crippen LogP contribution >= 0.6 is 0 Å². The van der Waals surface area contributed by atoms with Crippen LogP contribution in [0.1, 0.15) is 25.3 Å². The minimum atomic E-state index is -3.18. The number of rotatable bonds is 4. The van der Waals surface area contributed by atoms with Gasteiger partial charge < -0.3 is 4.90 Å². The van der Waals surface area contributed by atoms with Gasteiger partial charge in [0.05, 0.1) is 11.8 Å². The Kier molecular flexibility index (Phi) is 4.28. The van der Waals surface area contributed by atoms with Gasteiger partial charge in [-0.25, -0.2) is 8.42 Å². The number of benzene rings is 1. The molecule has 0 aliphatic carbocycles. The number of nitrogens with zero attached hydrogens (tertiary/aromatic N) is 1. The van der Waals surface area contributed by atoms with Crippen molar-refractivity contribution in [3.63, 3.8) is 0 Å².